The van der Waals surface area contributed by atoms with Crippen LogP contribution >= 0.6 is 23.4 Å². The molecule has 0 heterocycles. The Morgan fingerprint density at radius 2 is 2.19 bits per heavy atom. The molecule has 116 valence electrons. The van der Waals surface area contributed by atoms with Crippen molar-refractivity contribution in [1.82, 2.24) is 4.90 Å². The SMILES string of the molecule is CN(C(=O)CSCc1cccc(Cl)c1)C1CCCCC1O. The third-order valence-electron chi connectivity index (χ3n) is 3.97. The highest BCUT2D eigenvalue weighted by Crippen LogP contribution is 2.23. The molecule has 5 heteroatoms. The van der Waals surface area contributed by atoms with Gasteiger partial charge in [-0.3, -0.25) is 4.79 Å². The maximum absolute atomic E-state index is 12.2. The van der Waals surface area contributed by atoms with E-state index in [1.807, 2.05) is 31.3 Å². The lowest BCUT2D eigenvalue weighted by molar-refractivity contribution is -0.132. The smallest absolute Gasteiger partial charge is 0.232 e. The molecule has 1 N–H and O–H groups in total. The van der Waals surface area contributed by atoms with Gasteiger partial charge in [-0.1, -0.05) is 36.6 Å². The van der Waals surface area contributed by atoms with Gasteiger partial charge in [-0.2, -0.15) is 0 Å². The van der Waals surface area contributed by atoms with Crippen LogP contribution in [0.1, 0.15) is 31.2 Å². The van der Waals surface area contributed by atoms with Crippen LogP contribution in [0.5, 0.6) is 0 Å². The normalized spacial score (nSPS) is 22.0. The van der Waals surface area contributed by atoms with E-state index >= 15 is 0 Å². The second-order valence-corrected chi connectivity index (χ2v) is 6.97. The number of rotatable bonds is 5. The van der Waals surface area contributed by atoms with Crippen molar-refractivity contribution in [1.29, 1.82) is 0 Å². The first kappa shape index (κ1) is 16.7. The Morgan fingerprint density at radius 1 is 1.43 bits per heavy atom. The predicted molar refractivity (Wildman–Crippen MR) is 88.6 cm³/mol. The molecular weight excluding hydrogens is 306 g/mol. The van der Waals surface area contributed by atoms with Gasteiger partial charge in [0.25, 0.3) is 0 Å². The van der Waals surface area contributed by atoms with E-state index in [0.717, 1.165) is 42.0 Å². The first-order valence-electron chi connectivity index (χ1n) is 7.34. The molecule has 0 aliphatic heterocycles. The van der Waals surface area contributed by atoms with Crippen LogP contribution in [0.25, 0.3) is 0 Å². The fourth-order valence-electron chi connectivity index (χ4n) is 2.71. The summed E-state index contributed by atoms with van der Waals surface area (Å²) in [4.78, 5) is 13.9. The van der Waals surface area contributed by atoms with Crippen LogP contribution in [0.3, 0.4) is 0 Å². The van der Waals surface area contributed by atoms with Crippen LogP contribution in [0.4, 0.5) is 0 Å². The van der Waals surface area contributed by atoms with Crippen molar-refractivity contribution < 1.29 is 9.90 Å². The summed E-state index contributed by atoms with van der Waals surface area (Å²) in [6, 6.07) is 7.69. The Morgan fingerprint density at radius 3 is 2.90 bits per heavy atom. The highest BCUT2D eigenvalue weighted by atomic mass is 35.5. The molecule has 0 bridgehead atoms. The predicted octanol–water partition coefficient (Wildman–Crippen LogP) is 3.34. The van der Waals surface area contributed by atoms with Crippen LogP contribution in [-0.2, 0) is 10.5 Å². The Labute approximate surface area is 135 Å². The molecule has 1 amide bonds. The zero-order valence-electron chi connectivity index (χ0n) is 12.3. The van der Waals surface area contributed by atoms with Crippen molar-refractivity contribution >= 4 is 29.3 Å². The largest absolute Gasteiger partial charge is 0.391 e. The van der Waals surface area contributed by atoms with Gasteiger partial charge in [-0.05, 0) is 30.5 Å². The molecule has 1 aromatic carbocycles. The van der Waals surface area contributed by atoms with Gasteiger partial charge in [0.15, 0.2) is 0 Å². The zero-order chi connectivity index (χ0) is 15.2. The molecule has 0 spiro atoms. The maximum atomic E-state index is 12.2. The second kappa shape index (κ2) is 8.06. The lowest BCUT2D eigenvalue weighted by Gasteiger charge is -2.35. The Balaban J connectivity index is 1.78. The lowest BCUT2D eigenvalue weighted by Crippen LogP contribution is -2.46. The standard InChI is InChI=1S/C16H22ClNO2S/c1-18(14-7-2-3-8-15(14)19)16(20)11-21-10-12-5-4-6-13(17)9-12/h4-6,9,14-15,19H,2-3,7-8,10-11H2,1H3. The molecule has 1 aliphatic rings. The Kier molecular flexibility index (Phi) is 6.40. The number of amides is 1. The number of thioether (sulfide) groups is 1. The Bertz CT molecular complexity index is 483. The van der Waals surface area contributed by atoms with E-state index in [4.69, 9.17) is 11.6 Å². The summed E-state index contributed by atoms with van der Waals surface area (Å²) in [6.45, 7) is 0. The molecule has 0 radical (unpaired) electrons. The highest BCUT2D eigenvalue weighted by molar-refractivity contribution is 7.99. The molecule has 3 nitrogen and oxygen atoms in total. The second-order valence-electron chi connectivity index (χ2n) is 5.55. The van der Waals surface area contributed by atoms with Crippen molar-refractivity contribution in [2.45, 2.75) is 43.6 Å². The summed E-state index contributed by atoms with van der Waals surface area (Å²) in [5.74, 6) is 1.30. The fourth-order valence-corrected chi connectivity index (χ4v) is 3.82. The third kappa shape index (κ3) is 4.90. The summed E-state index contributed by atoms with van der Waals surface area (Å²) in [5, 5.41) is 10.7. The summed E-state index contributed by atoms with van der Waals surface area (Å²) >= 11 is 7.53. The lowest BCUT2D eigenvalue weighted by atomic mass is 9.91. The maximum Gasteiger partial charge on any atom is 0.232 e. The van der Waals surface area contributed by atoms with E-state index in [-0.39, 0.29) is 18.1 Å². The van der Waals surface area contributed by atoms with Crippen molar-refractivity contribution in [2.24, 2.45) is 0 Å². The minimum absolute atomic E-state index is 0.0157. The first-order valence-corrected chi connectivity index (χ1v) is 8.87. The average Bonchev–Trinajstić information content (AvgIpc) is 2.47. The quantitative estimate of drug-likeness (QED) is 0.901. The Hall–Kier alpha value is -0.710. The average molecular weight is 328 g/mol. The number of carbonyl (C=O) groups is 1. The number of hydrogen-bond donors (Lipinski definition) is 1. The van der Waals surface area contributed by atoms with E-state index in [1.54, 1.807) is 16.7 Å². The highest BCUT2D eigenvalue weighted by Gasteiger charge is 2.28. The number of benzene rings is 1. The van der Waals surface area contributed by atoms with Crippen LogP contribution in [0.15, 0.2) is 24.3 Å². The molecule has 0 aromatic heterocycles. The van der Waals surface area contributed by atoms with E-state index < -0.39 is 0 Å². The summed E-state index contributed by atoms with van der Waals surface area (Å²) in [7, 11) is 1.81. The van der Waals surface area contributed by atoms with Crippen molar-refractivity contribution in [3.8, 4) is 0 Å². The van der Waals surface area contributed by atoms with Crippen molar-refractivity contribution in [3.63, 3.8) is 0 Å². The van der Waals surface area contributed by atoms with Gasteiger partial charge in [-0.15, -0.1) is 11.8 Å². The molecule has 1 aliphatic carbocycles. The topological polar surface area (TPSA) is 40.5 Å². The number of nitrogens with zero attached hydrogens (tertiary/aromatic N) is 1. The molecule has 21 heavy (non-hydrogen) atoms. The van der Waals surface area contributed by atoms with Gasteiger partial charge in [0.2, 0.25) is 5.91 Å². The molecular formula is C16H22ClNO2S. The molecule has 2 atom stereocenters. The molecule has 0 saturated heterocycles. The van der Waals surface area contributed by atoms with Gasteiger partial charge in [0.1, 0.15) is 0 Å². The van der Waals surface area contributed by atoms with Crippen LogP contribution in [-0.4, -0.2) is 40.9 Å². The number of aliphatic hydroxyl groups excluding tert-OH is 1. The van der Waals surface area contributed by atoms with E-state index in [2.05, 4.69) is 0 Å². The molecule has 2 rings (SSSR count). The minimum Gasteiger partial charge on any atom is -0.391 e. The fraction of sp³-hybridized carbons (Fsp3) is 0.562. The van der Waals surface area contributed by atoms with Gasteiger partial charge in [0.05, 0.1) is 17.9 Å². The summed E-state index contributed by atoms with van der Waals surface area (Å²) in [5.41, 5.74) is 1.13. The molecule has 1 aromatic rings. The molecule has 2 unspecified atom stereocenters. The van der Waals surface area contributed by atoms with Gasteiger partial charge in [-0.25, -0.2) is 0 Å². The van der Waals surface area contributed by atoms with Crippen molar-refractivity contribution in [3.05, 3.63) is 34.9 Å². The van der Waals surface area contributed by atoms with E-state index in [9.17, 15) is 9.90 Å². The van der Waals surface area contributed by atoms with Gasteiger partial charge in [0, 0.05) is 17.8 Å². The number of likely N-dealkylation sites (N-methyl/N-ethyl adjacent to an activating group) is 1. The van der Waals surface area contributed by atoms with Crippen LogP contribution in [0, 0.1) is 0 Å². The third-order valence-corrected chi connectivity index (χ3v) is 5.19. The van der Waals surface area contributed by atoms with Crippen LogP contribution < -0.4 is 0 Å². The number of carbonyl (C=O) groups excluding carboxylic acids is 1. The van der Waals surface area contributed by atoms with Crippen molar-refractivity contribution in [2.75, 3.05) is 12.8 Å². The zero-order valence-corrected chi connectivity index (χ0v) is 13.9. The number of aliphatic hydroxyl groups is 1. The summed E-state index contributed by atoms with van der Waals surface area (Å²) < 4.78 is 0. The summed E-state index contributed by atoms with van der Waals surface area (Å²) in [6.07, 6.45) is 3.49. The van der Waals surface area contributed by atoms with Gasteiger partial charge >= 0.3 is 0 Å². The monoisotopic (exact) mass is 327 g/mol. The number of halogens is 1. The minimum atomic E-state index is -0.370. The molecule has 1 saturated carbocycles. The van der Waals surface area contributed by atoms with E-state index in [0.29, 0.717) is 5.75 Å². The van der Waals surface area contributed by atoms with Crippen LogP contribution in [0.2, 0.25) is 5.02 Å². The number of hydrogen-bond acceptors (Lipinski definition) is 3. The van der Waals surface area contributed by atoms with Gasteiger partial charge < -0.3 is 10.0 Å². The van der Waals surface area contributed by atoms with E-state index in [1.165, 1.54) is 0 Å². The first-order chi connectivity index (χ1) is 10.1. The molecule has 1 fully saturated rings.